The van der Waals surface area contributed by atoms with E-state index in [1.165, 1.54) is 55.2 Å². The molecule has 2 nitrogen and oxygen atoms in total. The van der Waals surface area contributed by atoms with Crippen molar-refractivity contribution in [1.29, 1.82) is 0 Å². The summed E-state index contributed by atoms with van der Waals surface area (Å²) in [7, 11) is 0. The van der Waals surface area contributed by atoms with E-state index in [-0.39, 0.29) is 5.92 Å². The second-order valence-corrected chi connectivity index (χ2v) is 5.78. The van der Waals surface area contributed by atoms with Crippen molar-refractivity contribution in [1.82, 2.24) is 0 Å². The molecule has 0 aromatic heterocycles. The van der Waals surface area contributed by atoms with Crippen molar-refractivity contribution in [2.75, 3.05) is 0 Å². The minimum Gasteiger partial charge on any atom is -0.481 e. The molecule has 0 saturated heterocycles. The number of fused-ring (bicyclic) bond motifs is 1. The zero-order valence-corrected chi connectivity index (χ0v) is 10.7. The third kappa shape index (κ3) is 2.16. The molecule has 0 radical (unpaired) electrons. The predicted octanol–water partition coefficient (Wildman–Crippen LogP) is 3.53. The first kappa shape index (κ1) is 11.8. The Labute approximate surface area is 108 Å². The maximum atomic E-state index is 11.1. The molecule has 2 heteroatoms. The van der Waals surface area contributed by atoms with Gasteiger partial charge in [-0.15, -0.1) is 0 Å². The molecule has 1 aromatic carbocycles. The first-order valence-electron chi connectivity index (χ1n) is 7.07. The number of benzene rings is 1. The van der Waals surface area contributed by atoms with E-state index < -0.39 is 5.97 Å². The van der Waals surface area contributed by atoms with E-state index in [9.17, 15) is 4.79 Å². The van der Waals surface area contributed by atoms with Gasteiger partial charge in [-0.1, -0.05) is 24.6 Å². The third-order valence-electron chi connectivity index (χ3n) is 4.66. The van der Waals surface area contributed by atoms with Crippen LogP contribution in [0.4, 0.5) is 0 Å². The van der Waals surface area contributed by atoms with Gasteiger partial charge in [-0.2, -0.15) is 0 Å². The minimum absolute atomic E-state index is 0.238. The summed E-state index contributed by atoms with van der Waals surface area (Å²) in [5, 5.41) is 9.11. The number of hydrogen-bond acceptors (Lipinski definition) is 1. The number of carboxylic acids is 1. The molecule has 1 N–H and O–H groups in total. The summed E-state index contributed by atoms with van der Waals surface area (Å²) in [4.78, 5) is 11.1. The summed E-state index contributed by atoms with van der Waals surface area (Å²) >= 11 is 0. The smallest absolute Gasteiger partial charge is 0.303 e. The normalized spacial score (nSPS) is 20.2. The van der Waals surface area contributed by atoms with E-state index in [4.69, 9.17) is 5.11 Å². The molecule has 18 heavy (non-hydrogen) atoms. The molecular formula is C16H20O2. The Morgan fingerprint density at radius 3 is 2.67 bits per heavy atom. The molecule has 0 spiro atoms. The van der Waals surface area contributed by atoms with Gasteiger partial charge in [0, 0.05) is 0 Å². The fourth-order valence-corrected chi connectivity index (χ4v) is 3.41. The highest BCUT2D eigenvalue weighted by molar-refractivity contribution is 5.68. The van der Waals surface area contributed by atoms with E-state index in [1.807, 2.05) is 0 Å². The van der Waals surface area contributed by atoms with E-state index in [0.717, 1.165) is 0 Å². The van der Waals surface area contributed by atoms with Gasteiger partial charge >= 0.3 is 5.97 Å². The number of rotatable bonds is 4. The van der Waals surface area contributed by atoms with Crippen LogP contribution in [0.3, 0.4) is 0 Å². The molecular weight excluding hydrogens is 224 g/mol. The summed E-state index contributed by atoms with van der Waals surface area (Å²) in [6.45, 7) is 0. The maximum absolute atomic E-state index is 11.1. The van der Waals surface area contributed by atoms with Gasteiger partial charge in [-0.25, -0.2) is 0 Å². The zero-order valence-electron chi connectivity index (χ0n) is 10.7. The van der Waals surface area contributed by atoms with Crippen molar-refractivity contribution in [3.05, 3.63) is 34.9 Å². The Hall–Kier alpha value is -1.31. The minimum atomic E-state index is -0.660. The van der Waals surface area contributed by atoms with Crippen molar-refractivity contribution in [2.45, 2.75) is 50.9 Å². The number of carbonyl (C=O) groups is 1. The lowest BCUT2D eigenvalue weighted by atomic mass is 9.71. The third-order valence-corrected chi connectivity index (χ3v) is 4.66. The summed E-state index contributed by atoms with van der Waals surface area (Å²) in [6.07, 6.45) is 7.60. The van der Waals surface area contributed by atoms with Crippen LogP contribution in [0.15, 0.2) is 18.2 Å². The molecule has 2 aliphatic rings. The Morgan fingerprint density at radius 1 is 1.22 bits per heavy atom. The van der Waals surface area contributed by atoms with Gasteiger partial charge in [0.2, 0.25) is 0 Å². The number of aryl methyl sites for hydroxylation is 2. The fraction of sp³-hybridized carbons (Fsp3) is 0.562. The number of aliphatic carboxylic acids is 1. The van der Waals surface area contributed by atoms with Crippen LogP contribution in [0.5, 0.6) is 0 Å². The molecule has 1 saturated carbocycles. The lowest BCUT2D eigenvalue weighted by Gasteiger charge is -2.33. The van der Waals surface area contributed by atoms with E-state index in [1.54, 1.807) is 0 Å². The highest BCUT2D eigenvalue weighted by Crippen LogP contribution is 2.42. The second-order valence-electron chi connectivity index (χ2n) is 5.78. The van der Waals surface area contributed by atoms with Crippen LogP contribution in [-0.2, 0) is 17.6 Å². The molecule has 0 amide bonds. The van der Waals surface area contributed by atoms with Gasteiger partial charge < -0.3 is 5.11 Å². The summed E-state index contributed by atoms with van der Waals surface area (Å²) < 4.78 is 0. The van der Waals surface area contributed by atoms with Crippen LogP contribution < -0.4 is 0 Å². The van der Waals surface area contributed by atoms with Gasteiger partial charge in [0.15, 0.2) is 0 Å². The molecule has 1 unspecified atom stereocenters. The lowest BCUT2D eigenvalue weighted by molar-refractivity contribution is -0.138. The first-order chi connectivity index (χ1) is 8.74. The molecule has 96 valence electrons. The monoisotopic (exact) mass is 244 g/mol. The van der Waals surface area contributed by atoms with Gasteiger partial charge in [-0.3, -0.25) is 4.79 Å². The van der Waals surface area contributed by atoms with Gasteiger partial charge in [0.25, 0.3) is 0 Å². The molecule has 0 heterocycles. The fourth-order valence-electron chi connectivity index (χ4n) is 3.41. The average Bonchev–Trinajstić information content (AvgIpc) is 2.71. The van der Waals surface area contributed by atoms with Gasteiger partial charge in [-0.05, 0) is 60.6 Å². The zero-order chi connectivity index (χ0) is 12.5. The standard InChI is InChI=1S/C16H20O2/c17-16(18)10-15(12-4-2-5-12)14-8-7-11-3-1-6-13(11)9-14/h7-9,12,15H,1-6,10H2,(H,17,18). The van der Waals surface area contributed by atoms with E-state index >= 15 is 0 Å². The van der Waals surface area contributed by atoms with Crippen LogP contribution >= 0.6 is 0 Å². The predicted molar refractivity (Wildman–Crippen MR) is 70.8 cm³/mol. The Kier molecular flexibility index (Phi) is 3.11. The Bertz CT molecular complexity index is 460. The van der Waals surface area contributed by atoms with Crippen molar-refractivity contribution in [3.63, 3.8) is 0 Å². The molecule has 1 aromatic rings. The van der Waals surface area contributed by atoms with Crippen molar-refractivity contribution in [3.8, 4) is 0 Å². The summed E-state index contributed by atoms with van der Waals surface area (Å²) in [5.74, 6) is 0.176. The molecule has 0 aliphatic heterocycles. The molecule has 1 atom stereocenters. The number of hydrogen-bond donors (Lipinski definition) is 1. The molecule has 2 aliphatic carbocycles. The molecule has 1 fully saturated rings. The highest BCUT2D eigenvalue weighted by atomic mass is 16.4. The van der Waals surface area contributed by atoms with Crippen LogP contribution in [0.2, 0.25) is 0 Å². The topological polar surface area (TPSA) is 37.3 Å². The lowest BCUT2D eigenvalue weighted by Crippen LogP contribution is -2.22. The van der Waals surface area contributed by atoms with E-state index in [0.29, 0.717) is 12.3 Å². The SMILES string of the molecule is O=C(O)CC(c1ccc2c(c1)CCC2)C1CCC1. The van der Waals surface area contributed by atoms with Crippen LogP contribution in [0.1, 0.15) is 54.7 Å². The quantitative estimate of drug-likeness (QED) is 0.879. The first-order valence-corrected chi connectivity index (χ1v) is 7.07. The van der Waals surface area contributed by atoms with Crippen molar-refractivity contribution < 1.29 is 9.90 Å². The summed E-state index contributed by atoms with van der Waals surface area (Å²) in [5.41, 5.74) is 4.20. The molecule has 0 bridgehead atoms. The van der Waals surface area contributed by atoms with E-state index in [2.05, 4.69) is 18.2 Å². The maximum Gasteiger partial charge on any atom is 0.303 e. The highest BCUT2D eigenvalue weighted by Gasteiger charge is 2.30. The number of carboxylic acid groups (broad SMARTS) is 1. The summed E-state index contributed by atoms with van der Waals surface area (Å²) in [6, 6.07) is 6.69. The average molecular weight is 244 g/mol. The Balaban J connectivity index is 1.86. The van der Waals surface area contributed by atoms with Crippen molar-refractivity contribution >= 4 is 5.97 Å². The van der Waals surface area contributed by atoms with Crippen LogP contribution in [0.25, 0.3) is 0 Å². The van der Waals surface area contributed by atoms with Crippen molar-refractivity contribution in [2.24, 2.45) is 5.92 Å². The van der Waals surface area contributed by atoms with Gasteiger partial charge in [0.1, 0.15) is 0 Å². The molecule has 3 rings (SSSR count). The van der Waals surface area contributed by atoms with Gasteiger partial charge in [0.05, 0.1) is 6.42 Å². The van der Waals surface area contributed by atoms with Crippen LogP contribution in [0, 0.1) is 5.92 Å². The largest absolute Gasteiger partial charge is 0.481 e. The Morgan fingerprint density at radius 2 is 2.00 bits per heavy atom. The second kappa shape index (κ2) is 4.75. The van der Waals surface area contributed by atoms with Crippen LogP contribution in [-0.4, -0.2) is 11.1 Å².